The van der Waals surface area contributed by atoms with Crippen LogP contribution in [0.2, 0.25) is 5.02 Å². The molecule has 5 N–H and O–H groups in total. The van der Waals surface area contributed by atoms with Gasteiger partial charge in [0.15, 0.2) is 0 Å². The number of halogens is 1. The summed E-state index contributed by atoms with van der Waals surface area (Å²) in [6, 6.07) is 10.8. The quantitative estimate of drug-likeness (QED) is 0.279. The Hall–Kier alpha value is -4.22. The first-order valence-electron chi connectivity index (χ1n) is 10.1. The lowest BCUT2D eigenvalue weighted by atomic mass is 10.2. The van der Waals surface area contributed by atoms with E-state index >= 15 is 0 Å². The summed E-state index contributed by atoms with van der Waals surface area (Å²) in [7, 11) is 0. The van der Waals surface area contributed by atoms with E-state index in [1.807, 2.05) is 18.2 Å². The lowest BCUT2D eigenvalue weighted by Gasteiger charge is -2.12. The van der Waals surface area contributed by atoms with Crippen LogP contribution in [0.4, 0.5) is 17.3 Å². The van der Waals surface area contributed by atoms with Crippen molar-refractivity contribution in [2.24, 2.45) is 0 Å². The molecule has 174 valence electrons. The molecule has 1 aromatic carbocycles. The molecule has 0 spiro atoms. The fourth-order valence-corrected chi connectivity index (χ4v) is 3.16. The summed E-state index contributed by atoms with van der Waals surface area (Å²) >= 11 is 6.40. The topological polar surface area (TPSA) is 161 Å². The van der Waals surface area contributed by atoms with Crippen molar-refractivity contribution in [3.63, 3.8) is 0 Å². The van der Waals surface area contributed by atoms with Gasteiger partial charge in [-0.15, -0.1) is 0 Å². The molecule has 12 heteroatoms. The van der Waals surface area contributed by atoms with Crippen LogP contribution in [0.1, 0.15) is 11.4 Å². The van der Waals surface area contributed by atoms with E-state index in [9.17, 15) is 4.79 Å². The van der Waals surface area contributed by atoms with Crippen LogP contribution in [-0.4, -0.2) is 37.6 Å². The number of aromatic nitrogens is 4. The Morgan fingerprint density at radius 1 is 1.18 bits per heavy atom. The molecule has 0 radical (unpaired) electrons. The van der Waals surface area contributed by atoms with Gasteiger partial charge in [-0.3, -0.25) is 9.78 Å². The Kier molecular flexibility index (Phi) is 7.16. The zero-order valence-electron chi connectivity index (χ0n) is 17.7. The maximum Gasteiger partial charge on any atom is 0.246 e. The van der Waals surface area contributed by atoms with Crippen molar-refractivity contribution in [1.82, 2.24) is 25.3 Å². The van der Waals surface area contributed by atoms with Gasteiger partial charge in [-0.1, -0.05) is 17.7 Å². The molecule has 3 heterocycles. The second-order valence-electron chi connectivity index (χ2n) is 6.94. The summed E-state index contributed by atoms with van der Waals surface area (Å²) in [5, 5.41) is 14.8. The number of ether oxygens (including phenoxy) is 1. The van der Waals surface area contributed by atoms with Crippen LogP contribution in [0.3, 0.4) is 0 Å². The third-order valence-corrected chi connectivity index (χ3v) is 4.84. The molecule has 1 amide bonds. The Balaban J connectivity index is 1.50. The summed E-state index contributed by atoms with van der Waals surface area (Å²) in [5.74, 6) is 0.627. The third kappa shape index (κ3) is 5.57. The largest absolute Gasteiger partial charge is 0.486 e. The SMILES string of the molecule is Nc1ncnc(Nc2ccc(OCc3ccccn3)c(Cl)c2)c1-c1nc(CNC(=O)CO)co1. The summed E-state index contributed by atoms with van der Waals surface area (Å²) in [6.45, 7) is -0.256. The number of hydrogen-bond donors (Lipinski definition) is 4. The molecular formula is C22H20ClN7O4. The first kappa shape index (κ1) is 23.0. The Morgan fingerprint density at radius 3 is 2.82 bits per heavy atom. The minimum absolute atomic E-state index is 0.0782. The van der Waals surface area contributed by atoms with Crippen molar-refractivity contribution >= 4 is 34.8 Å². The zero-order chi connectivity index (χ0) is 23.9. The summed E-state index contributed by atoms with van der Waals surface area (Å²) in [4.78, 5) is 28.0. The van der Waals surface area contributed by atoms with Gasteiger partial charge in [-0.25, -0.2) is 15.0 Å². The van der Waals surface area contributed by atoms with Gasteiger partial charge in [-0.2, -0.15) is 0 Å². The molecule has 0 aliphatic rings. The molecule has 0 aliphatic heterocycles. The monoisotopic (exact) mass is 481 g/mol. The van der Waals surface area contributed by atoms with E-state index in [2.05, 4.69) is 30.6 Å². The highest BCUT2D eigenvalue weighted by Gasteiger charge is 2.18. The highest BCUT2D eigenvalue weighted by molar-refractivity contribution is 6.32. The Labute approximate surface area is 199 Å². The maximum absolute atomic E-state index is 11.2. The number of nitrogen functional groups attached to an aromatic ring is 1. The number of nitrogens with one attached hydrogen (secondary N) is 2. The van der Waals surface area contributed by atoms with Gasteiger partial charge in [0, 0.05) is 11.9 Å². The van der Waals surface area contributed by atoms with Crippen molar-refractivity contribution in [1.29, 1.82) is 0 Å². The molecule has 0 fully saturated rings. The molecule has 0 aliphatic carbocycles. The van der Waals surface area contributed by atoms with E-state index in [4.69, 9.17) is 31.6 Å². The van der Waals surface area contributed by atoms with Crippen molar-refractivity contribution in [3.05, 3.63) is 71.6 Å². The summed E-state index contributed by atoms with van der Waals surface area (Å²) in [5.41, 5.74) is 8.24. The van der Waals surface area contributed by atoms with E-state index in [0.29, 0.717) is 33.5 Å². The number of nitrogens with two attached hydrogens (primary N) is 1. The molecular weight excluding hydrogens is 462 g/mol. The lowest BCUT2D eigenvalue weighted by Crippen LogP contribution is -2.25. The highest BCUT2D eigenvalue weighted by Crippen LogP contribution is 2.34. The number of oxazole rings is 1. The van der Waals surface area contributed by atoms with E-state index in [1.54, 1.807) is 24.4 Å². The van der Waals surface area contributed by atoms with Gasteiger partial charge in [0.25, 0.3) is 0 Å². The molecule has 0 unspecified atom stereocenters. The Morgan fingerprint density at radius 2 is 2.06 bits per heavy atom. The number of amides is 1. The first-order chi connectivity index (χ1) is 16.5. The number of anilines is 3. The lowest BCUT2D eigenvalue weighted by molar-refractivity contribution is -0.123. The van der Waals surface area contributed by atoms with Gasteiger partial charge in [-0.05, 0) is 30.3 Å². The number of rotatable bonds is 9. The van der Waals surface area contributed by atoms with E-state index in [1.165, 1.54) is 12.6 Å². The average Bonchev–Trinajstić information content (AvgIpc) is 3.31. The number of nitrogens with zero attached hydrogens (tertiary/aromatic N) is 4. The van der Waals surface area contributed by atoms with Crippen molar-refractivity contribution in [2.45, 2.75) is 13.2 Å². The van der Waals surface area contributed by atoms with Crippen LogP contribution < -0.4 is 21.1 Å². The highest BCUT2D eigenvalue weighted by atomic mass is 35.5. The van der Waals surface area contributed by atoms with Crippen molar-refractivity contribution < 1.29 is 19.1 Å². The van der Waals surface area contributed by atoms with Crippen LogP contribution in [0.15, 0.2) is 59.6 Å². The number of hydrogen-bond acceptors (Lipinski definition) is 10. The molecule has 0 bridgehead atoms. The van der Waals surface area contributed by atoms with Crippen LogP contribution in [0.5, 0.6) is 5.75 Å². The molecule has 4 aromatic rings. The summed E-state index contributed by atoms with van der Waals surface area (Å²) in [6.07, 6.45) is 4.37. The Bertz CT molecular complexity index is 1280. The van der Waals surface area contributed by atoms with Gasteiger partial charge < -0.3 is 30.6 Å². The molecule has 34 heavy (non-hydrogen) atoms. The van der Waals surface area contributed by atoms with Crippen molar-refractivity contribution in [3.8, 4) is 17.2 Å². The molecule has 0 atom stereocenters. The fraction of sp³-hybridized carbons (Fsp3) is 0.136. The van der Waals surface area contributed by atoms with E-state index < -0.39 is 12.5 Å². The van der Waals surface area contributed by atoms with E-state index in [0.717, 1.165) is 5.69 Å². The maximum atomic E-state index is 11.2. The average molecular weight is 482 g/mol. The zero-order valence-corrected chi connectivity index (χ0v) is 18.5. The van der Waals surface area contributed by atoms with E-state index in [-0.39, 0.29) is 24.9 Å². The molecule has 0 saturated carbocycles. The van der Waals surface area contributed by atoms with Crippen LogP contribution in [-0.2, 0) is 17.9 Å². The molecule has 4 rings (SSSR count). The van der Waals surface area contributed by atoms with Crippen LogP contribution in [0, 0.1) is 0 Å². The van der Waals surface area contributed by atoms with Gasteiger partial charge in [0.05, 0.1) is 23.0 Å². The smallest absolute Gasteiger partial charge is 0.246 e. The molecule has 3 aromatic heterocycles. The number of aliphatic hydroxyl groups excluding tert-OH is 1. The van der Waals surface area contributed by atoms with Crippen LogP contribution in [0.25, 0.3) is 11.5 Å². The van der Waals surface area contributed by atoms with Crippen molar-refractivity contribution in [2.75, 3.05) is 17.7 Å². The normalized spacial score (nSPS) is 10.6. The number of aliphatic hydroxyl groups is 1. The number of pyridine rings is 1. The minimum Gasteiger partial charge on any atom is -0.486 e. The second kappa shape index (κ2) is 10.6. The first-order valence-corrected chi connectivity index (χ1v) is 10.4. The third-order valence-electron chi connectivity index (χ3n) is 4.55. The summed E-state index contributed by atoms with van der Waals surface area (Å²) < 4.78 is 11.3. The van der Waals surface area contributed by atoms with Crippen LogP contribution >= 0.6 is 11.6 Å². The number of carbonyl (C=O) groups is 1. The minimum atomic E-state index is -0.617. The van der Waals surface area contributed by atoms with Gasteiger partial charge >= 0.3 is 0 Å². The predicted molar refractivity (Wildman–Crippen MR) is 124 cm³/mol. The molecule has 11 nitrogen and oxygen atoms in total. The number of benzene rings is 1. The standard InChI is InChI=1S/C22H20ClN7O4/c23-16-7-13(4-5-17(16)33-10-14-3-1-2-6-25-14)29-21-19(20(24)27-12-28-21)22-30-15(11-34-22)8-26-18(32)9-31/h1-7,11-12,31H,8-10H2,(H,26,32)(H3,24,27,28,29). The second-order valence-corrected chi connectivity index (χ2v) is 7.35. The van der Waals surface area contributed by atoms with Gasteiger partial charge in [0.2, 0.25) is 11.8 Å². The van der Waals surface area contributed by atoms with Gasteiger partial charge in [0.1, 0.15) is 48.8 Å². The fourth-order valence-electron chi connectivity index (χ4n) is 2.92. The number of carbonyl (C=O) groups excluding carboxylic acids is 1. The molecule has 0 saturated heterocycles. The predicted octanol–water partition coefficient (Wildman–Crippen LogP) is 2.69.